The predicted octanol–water partition coefficient (Wildman–Crippen LogP) is 2.38. The molecule has 0 unspecified atom stereocenters. The Kier molecular flexibility index (Phi) is 4.76. The number of thiazole rings is 1. The van der Waals surface area contributed by atoms with Crippen molar-refractivity contribution < 1.29 is 9.90 Å². The molecule has 0 saturated heterocycles. The number of aromatic hydroxyl groups is 1. The molecule has 3 heterocycles. The van der Waals surface area contributed by atoms with Crippen LogP contribution in [0, 0.1) is 5.92 Å². The molecule has 0 bridgehead atoms. The van der Waals surface area contributed by atoms with E-state index in [1.165, 1.54) is 20.4 Å². The van der Waals surface area contributed by atoms with Crippen LogP contribution in [0.3, 0.4) is 0 Å². The smallest absolute Gasteiger partial charge is 0.270 e. The van der Waals surface area contributed by atoms with E-state index in [4.69, 9.17) is 0 Å². The summed E-state index contributed by atoms with van der Waals surface area (Å²) in [5.41, 5.74) is 2.87. The zero-order valence-corrected chi connectivity index (χ0v) is 16.4. The van der Waals surface area contributed by atoms with Gasteiger partial charge >= 0.3 is 0 Å². The Morgan fingerprint density at radius 2 is 2.21 bits per heavy atom. The second kappa shape index (κ2) is 7.23. The minimum Gasteiger partial charge on any atom is -0.492 e. The van der Waals surface area contributed by atoms with E-state index in [0.717, 1.165) is 18.5 Å². The average molecular weight is 399 g/mol. The molecule has 28 heavy (non-hydrogen) atoms. The maximum atomic E-state index is 13.1. The SMILES string of the molecule is CC(C)Cn1c(=O)c(C(=O)NC2CC2)c(O)n2ncc(C=Cc3cscn3)c12. The summed E-state index contributed by atoms with van der Waals surface area (Å²) in [5, 5.41) is 19.5. The molecule has 1 saturated carbocycles. The van der Waals surface area contributed by atoms with Gasteiger partial charge in [0.2, 0.25) is 5.88 Å². The summed E-state index contributed by atoms with van der Waals surface area (Å²) in [5.74, 6) is -0.832. The van der Waals surface area contributed by atoms with Gasteiger partial charge in [-0.2, -0.15) is 9.61 Å². The normalized spacial score (nSPS) is 14.4. The largest absolute Gasteiger partial charge is 0.492 e. The molecule has 1 amide bonds. The molecule has 0 aromatic carbocycles. The lowest BCUT2D eigenvalue weighted by Gasteiger charge is -2.15. The molecular formula is C19H21N5O3S. The highest BCUT2D eigenvalue weighted by Crippen LogP contribution is 2.24. The molecular weight excluding hydrogens is 378 g/mol. The first-order valence-corrected chi connectivity index (χ1v) is 10.1. The lowest BCUT2D eigenvalue weighted by molar-refractivity contribution is 0.0944. The van der Waals surface area contributed by atoms with Gasteiger partial charge in [0.05, 0.1) is 17.4 Å². The molecule has 4 rings (SSSR count). The van der Waals surface area contributed by atoms with Crippen molar-refractivity contribution in [2.75, 3.05) is 0 Å². The van der Waals surface area contributed by atoms with Gasteiger partial charge in [0, 0.05) is 23.5 Å². The molecule has 8 nitrogen and oxygen atoms in total. The third-order valence-corrected chi connectivity index (χ3v) is 5.09. The van der Waals surface area contributed by atoms with E-state index in [0.29, 0.717) is 17.8 Å². The Labute approximate surface area is 165 Å². The van der Waals surface area contributed by atoms with Crippen LogP contribution in [0.2, 0.25) is 0 Å². The van der Waals surface area contributed by atoms with Crippen LogP contribution in [0.15, 0.2) is 21.9 Å². The lowest BCUT2D eigenvalue weighted by Crippen LogP contribution is -2.36. The molecule has 0 aliphatic heterocycles. The number of nitrogens with zero attached hydrogens (tertiary/aromatic N) is 4. The van der Waals surface area contributed by atoms with E-state index < -0.39 is 17.3 Å². The third kappa shape index (κ3) is 3.45. The van der Waals surface area contributed by atoms with Crippen molar-refractivity contribution in [1.82, 2.24) is 24.5 Å². The van der Waals surface area contributed by atoms with Crippen LogP contribution in [0.4, 0.5) is 0 Å². The molecule has 3 aromatic rings. The van der Waals surface area contributed by atoms with Gasteiger partial charge in [0.25, 0.3) is 11.5 Å². The van der Waals surface area contributed by atoms with Crippen LogP contribution in [-0.2, 0) is 6.54 Å². The molecule has 3 aromatic heterocycles. The number of amides is 1. The van der Waals surface area contributed by atoms with E-state index in [1.807, 2.05) is 25.3 Å². The van der Waals surface area contributed by atoms with Gasteiger partial charge in [-0.25, -0.2) is 4.98 Å². The molecule has 9 heteroatoms. The van der Waals surface area contributed by atoms with Gasteiger partial charge in [-0.05, 0) is 30.9 Å². The summed E-state index contributed by atoms with van der Waals surface area (Å²) in [6.07, 6.45) is 6.97. The maximum Gasteiger partial charge on any atom is 0.270 e. The first-order valence-electron chi connectivity index (χ1n) is 9.16. The van der Waals surface area contributed by atoms with Gasteiger partial charge < -0.3 is 10.4 Å². The van der Waals surface area contributed by atoms with Crippen molar-refractivity contribution in [2.45, 2.75) is 39.3 Å². The Hall–Kier alpha value is -2.94. The fraction of sp³-hybridized carbons (Fsp3) is 0.368. The average Bonchev–Trinajstić information content (AvgIpc) is 3.14. The molecule has 1 aliphatic carbocycles. The number of aromatic nitrogens is 4. The van der Waals surface area contributed by atoms with Crippen LogP contribution < -0.4 is 10.9 Å². The molecule has 1 fully saturated rings. The number of hydrogen-bond acceptors (Lipinski definition) is 6. The van der Waals surface area contributed by atoms with Gasteiger partial charge in [0.1, 0.15) is 5.65 Å². The molecule has 2 N–H and O–H groups in total. The van der Waals surface area contributed by atoms with E-state index >= 15 is 0 Å². The quantitative estimate of drug-likeness (QED) is 0.663. The molecule has 0 spiro atoms. The number of fused-ring (bicyclic) bond motifs is 1. The summed E-state index contributed by atoms with van der Waals surface area (Å²) in [7, 11) is 0. The Morgan fingerprint density at radius 3 is 2.86 bits per heavy atom. The number of nitrogens with one attached hydrogen (secondary N) is 1. The highest BCUT2D eigenvalue weighted by molar-refractivity contribution is 7.07. The minimum absolute atomic E-state index is 0.0785. The Morgan fingerprint density at radius 1 is 1.43 bits per heavy atom. The lowest BCUT2D eigenvalue weighted by atomic mass is 10.2. The second-order valence-corrected chi connectivity index (χ2v) is 8.06. The van der Waals surface area contributed by atoms with Crippen LogP contribution >= 0.6 is 11.3 Å². The standard InChI is InChI=1S/C19H21N5O3S/c1-11(2)8-23-17-12(3-4-14-9-28-10-20-14)7-21-24(17)19(27)15(18(23)26)16(25)22-13-5-6-13/h3-4,7,9-11,13,27H,5-6,8H2,1-2H3,(H,22,25). The zero-order valence-electron chi connectivity index (χ0n) is 15.6. The van der Waals surface area contributed by atoms with Gasteiger partial charge in [0.15, 0.2) is 5.56 Å². The minimum atomic E-state index is -0.556. The van der Waals surface area contributed by atoms with Crippen molar-refractivity contribution in [3.8, 4) is 5.88 Å². The second-order valence-electron chi connectivity index (χ2n) is 7.34. The van der Waals surface area contributed by atoms with Crippen molar-refractivity contribution in [3.05, 3.63) is 44.3 Å². The fourth-order valence-electron chi connectivity index (χ4n) is 3.03. The number of hydrogen-bond donors (Lipinski definition) is 2. The van der Waals surface area contributed by atoms with Gasteiger partial charge in [-0.15, -0.1) is 11.3 Å². The summed E-state index contributed by atoms with van der Waals surface area (Å²) in [4.78, 5) is 29.9. The zero-order chi connectivity index (χ0) is 19.8. The van der Waals surface area contributed by atoms with Crippen molar-refractivity contribution in [2.24, 2.45) is 5.92 Å². The fourth-order valence-corrected chi connectivity index (χ4v) is 3.55. The van der Waals surface area contributed by atoms with Crippen molar-refractivity contribution >= 4 is 35.0 Å². The first kappa shape index (κ1) is 18.4. The van der Waals surface area contributed by atoms with E-state index in [1.54, 1.807) is 17.8 Å². The number of carbonyl (C=O) groups excluding carboxylic acids is 1. The van der Waals surface area contributed by atoms with Gasteiger partial charge in [-0.1, -0.05) is 13.8 Å². The highest BCUT2D eigenvalue weighted by Gasteiger charge is 2.29. The molecule has 0 atom stereocenters. The molecule has 146 valence electrons. The maximum absolute atomic E-state index is 13.1. The van der Waals surface area contributed by atoms with Crippen LogP contribution in [0.25, 0.3) is 17.8 Å². The Balaban J connectivity index is 1.87. The predicted molar refractivity (Wildman–Crippen MR) is 107 cm³/mol. The number of rotatable bonds is 6. The monoisotopic (exact) mass is 399 g/mol. The van der Waals surface area contributed by atoms with E-state index in [2.05, 4.69) is 15.4 Å². The molecule has 1 aliphatic rings. The van der Waals surface area contributed by atoms with Crippen LogP contribution in [0.1, 0.15) is 48.3 Å². The van der Waals surface area contributed by atoms with Gasteiger partial charge in [-0.3, -0.25) is 14.2 Å². The van der Waals surface area contributed by atoms with Crippen LogP contribution in [0.5, 0.6) is 5.88 Å². The summed E-state index contributed by atoms with van der Waals surface area (Å²) >= 11 is 1.49. The first-order chi connectivity index (χ1) is 13.5. The summed E-state index contributed by atoms with van der Waals surface area (Å²) in [6, 6.07) is 0.0785. The van der Waals surface area contributed by atoms with Crippen molar-refractivity contribution in [1.29, 1.82) is 0 Å². The van der Waals surface area contributed by atoms with E-state index in [9.17, 15) is 14.7 Å². The topological polar surface area (TPSA) is 102 Å². The number of carbonyl (C=O) groups is 1. The van der Waals surface area contributed by atoms with E-state index in [-0.39, 0.29) is 17.5 Å². The summed E-state index contributed by atoms with van der Waals surface area (Å²) < 4.78 is 2.77. The highest BCUT2D eigenvalue weighted by atomic mass is 32.1. The molecule has 0 radical (unpaired) electrons. The Bertz CT molecular complexity index is 1110. The summed E-state index contributed by atoms with van der Waals surface area (Å²) in [6.45, 7) is 4.37. The van der Waals surface area contributed by atoms with Crippen LogP contribution in [-0.4, -0.2) is 36.2 Å². The van der Waals surface area contributed by atoms with Crippen molar-refractivity contribution in [3.63, 3.8) is 0 Å². The third-order valence-electron chi connectivity index (χ3n) is 4.48.